The molecule has 168 valence electrons. The van der Waals surface area contributed by atoms with E-state index in [1.165, 1.54) is 18.4 Å². The minimum absolute atomic E-state index is 0.242. The molecule has 1 saturated carbocycles. The van der Waals surface area contributed by atoms with Gasteiger partial charge < -0.3 is 24.1 Å². The summed E-state index contributed by atoms with van der Waals surface area (Å²) in [5, 5.41) is 10.7. The van der Waals surface area contributed by atoms with Crippen LogP contribution >= 0.6 is 0 Å². The maximum Gasteiger partial charge on any atom is 0.231 e. The van der Waals surface area contributed by atoms with Crippen molar-refractivity contribution >= 4 is 0 Å². The quantitative estimate of drug-likeness (QED) is 0.728. The van der Waals surface area contributed by atoms with E-state index < -0.39 is 6.10 Å². The third-order valence-electron chi connectivity index (χ3n) is 7.03. The number of β-amino-alcohol motifs (C(OH)–C–C–N with tert-alkyl or cyclic N) is 1. The van der Waals surface area contributed by atoms with Gasteiger partial charge in [-0.3, -0.25) is 4.90 Å². The van der Waals surface area contributed by atoms with Crippen LogP contribution in [0.1, 0.15) is 51.2 Å². The van der Waals surface area contributed by atoms with Gasteiger partial charge in [-0.2, -0.15) is 0 Å². The molecule has 0 radical (unpaired) electrons. The van der Waals surface area contributed by atoms with E-state index in [4.69, 9.17) is 18.9 Å². The van der Waals surface area contributed by atoms with Crippen molar-refractivity contribution in [2.24, 2.45) is 17.8 Å². The number of methoxy groups -OCH3 is 1. The number of aliphatic hydroxyl groups is 1. The zero-order valence-electron chi connectivity index (χ0n) is 18.9. The van der Waals surface area contributed by atoms with Crippen molar-refractivity contribution in [3.8, 4) is 17.2 Å². The van der Waals surface area contributed by atoms with Gasteiger partial charge in [-0.05, 0) is 48.6 Å². The van der Waals surface area contributed by atoms with Gasteiger partial charge in [-0.1, -0.05) is 27.2 Å². The fraction of sp³-hybridized carbons (Fsp3) is 0.750. The summed E-state index contributed by atoms with van der Waals surface area (Å²) in [6, 6.07) is 2.08. The normalized spacial score (nSPS) is 27.2. The average Bonchev–Trinajstić information content (AvgIpc) is 3.18. The number of fused-ring (bicyclic) bond motifs is 2. The number of ether oxygens (including phenoxy) is 4. The van der Waals surface area contributed by atoms with E-state index in [0.29, 0.717) is 36.7 Å². The summed E-state index contributed by atoms with van der Waals surface area (Å²) in [7, 11) is 1.68. The van der Waals surface area contributed by atoms with Crippen molar-refractivity contribution in [1.82, 2.24) is 4.90 Å². The van der Waals surface area contributed by atoms with Crippen LogP contribution in [0.4, 0.5) is 0 Å². The lowest BCUT2D eigenvalue weighted by Crippen LogP contribution is -2.41. The van der Waals surface area contributed by atoms with E-state index in [-0.39, 0.29) is 12.9 Å². The van der Waals surface area contributed by atoms with Crippen molar-refractivity contribution in [3.05, 3.63) is 17.2 Å². The minimum atomic E-state index is -0.489. The van der Waals surface area contributed by atoms with Crippen molar-refractivity contribution in [3.63, 3.8) is 0 Å². The molecule has 6 nitrogen and oxygen atoms in total. The summed E-state index contributed by atoms with van der Waals surface area (Å²) in [5.74, 6) is 4.18. The molecule has 0 bridgehead atoms. The molecule has 3 aliphatic rings. The van der Waals surface area contributed by atoms with Gasteiger partial charge in [0.05, 0.1) is 25.9 Å². The van der Waals surface area contributed by atoms with E-state index in [1.54, 1.807) is 7.11 Å². The molecule has 2 heterocycles. The Labute approximate surface area is 180 Å². The van der Waals surface area contributed by atoms with Crippen LogP contribution in [0.2, 0.25) is 0 Å². The van der Waals surface area contributed by atoms with Crippen LogP contribution in [-0.4, -0.2) is 55.8 Å². The van der Waals surface area contributed by atoms with Gasteiger partial charge in [-0.25, -0.2) is 0 Å². The van der Waals surface area contributed by atoms with Crippen LogP contribution in [-0.2, 0) is 17.7 Å². The van der Waals surface area contributed by atoms with Gasteiger partial charge in [-0.15, -0.1) is 0 Å². The molecule has 4 atom stereocenters. The lowest BCUT2D eigenvalue weighted by molar-refractivity contribution is -0.0744. The zero-order valence-corrected chi connectivity index (χ0v) is 18.9. The first kappa shape index (κ1) is 21.7. The number of aliphatic hydroxyl groups excluding tert-OH is 1. The summed E-state index contributed by atoms with van der Waals surface area (Å²) in [5.41, 5.74) is 2.39. The van der Waals surface area contributed by atoms with E-state index in [1.807, 2.05) is 0 Å². The molecule has 0 aromatic heterocycles. The molecule has 1 fully saturated rings. The monoisotopic (exact) mass is 419 g/mol. The molecular formula is C24H37NO5. The molecule has 1 aromatic rings. The topological polar surface area (TPSA) is 60.4 Å². The lowest BCUT2D eigenvalue weighted by Gasteiger charge is -2.38. The zero-order chi connectivity index (χ0) is 21.3. The van der Waals surface area contributed by atoms with Gasteiger partial charge in [0.15, 0.2) is 11.5 Å². The number of rotatable bonds is 7. The summed E-state index contributed by atoms with van der Waals surface area (Å²) >= 11 is 0. The largest absolute Gasteiger partial charge is 0.492 e. The van der Waals surface area contributed by atoms with Crippen LogP contribution in [0.3, 0.4) is 0 Å². The molecule has 1 aromatic carbocycles. The summed E-state index contributed by atoms with van der Waals surface area (Å²) in [6.45, 7) is 9.78. The van der Waals surface area contributed by atoms with Crippen LogP contribution in [0.25, 0.3) is 0 Å². The molecule has 1 N–H and O–H groups in total. The fourth-order valence-electron chi connectivity index (χ4n) is 5.34. The van der Waals surface area contributed by atoms with E-state index in [9.17, 15) is 5.11 Å². The molecule has 4 rings (SSSR count). The Morgan fingerprint density at radius 1 is 1.27 bits per heavy atom. The van der Waals surface area contributed by atoms with Crippen LogP contribution in [0.15, 0.2) is 6.07 Å². The predicted octanol–water partition coefficient (Wildman–Crippen LogP) is 3.62. The van der Waals surface area contributed by atoms with E-state index in [2.05, 4.69) is 31.7 Å². The SMILES string of the molecule is COc1c2c(cc3c1OCO3)CCN(CC(O)COC1CC(C)CCC1C(C)C)C2. The first-order valence-electron chi connectivity index (χ1n) is 11.5. The Bertz CT molecular complexity index is 737. The summed E-state index contributed by atoms with van der Waals surface area (Å²) in [6.07, 6.45) is 4.32. The molecule has 0 amide bonds. The van der Waals surface area contributed by atoms with Crippen LogP contribution < -0.4 is 14.2 Å². The number of benzene rings is 1. The number of hydrogen-bond donors (Lipinski definition) is 1. The van der Waals surface area contributed by atoms with Gasteiger partial charge in [0.2, 0.25) is 12.5 Å². The summed E-state index contributed by atoms with van der Waals surface area (Å²) < 4.78 is 23.1. The second kappa shape index (κ2) is 9.33. The predicted molar refractivity (Wildman–Crippen MR) is 115 cm³/mol. The van der Waals surface area contributed by atoms with Crippen LogP contribution in [0.5, 0.6) is 17.2 Å². The highest BCUT2D eigenvalue weighted by Gasteiger charge is 2.33. The maximum atomic E-state index is 10.7. The van der Waals surface area contributed by atoms with Crippen LogP contribution in [0, 0.1) is 17.8 Å². The summed E-state index contributed by atoms with van der Waals surface area (Å²) in [4.78, 5) is 2.28. The Morgan fingerprint density at radius 3 is 2.87 bits per heavy atom. The third kappa shape index (κ3) is 4.56. The molecular weight excluding hydrogens is 382 g/mol. The third-order valence-corrected chi connectivity index (χ3v) is 7.03. The van der Waals surface area contributed by atoms with Crippen molar-refractivity contribution < 1.29 is 24.1 Å². The first-order chi connectivity index (χ1) is 14.5. The molecule has 0 saturated heterocycles. The molecule has 6 heteroatoms. The molecule has 2 aliphatic heterocycles. The van der Waals surface area contributed by atoms with E-state index >= 15 is 0 Å². The van der Waals surface area contributed by atoms with Crippen molar-refractivity contribution in [2.75, 3.05) is 33.6 Å². The smallest absolute Gasteiger partial charge is 0.231 e. The Balaban J connectivity index is 1.34. The van der Waals surface area contributed by atoms with Crippen molar-refractivity contribution in [1.29, 1.82) is 0 Å². The fourth-order valence-corrected chi connectivity index (χ4v) is 5.34. The molecule has 1 aliphatic carbocycles. The average molecular weight is 420 g/mol. The number of nitrogens with zero attached hydrogens (tertiary/aromatic N) is 1. The highest BCUT2D eigenvalue weighted by molar-refractivity contribution is 5.60. The standard InChI is InChI=1S/C24H37NO5/c1-15(2)19-6-5-16(3)9-21(19)28-13-18(26)11-25-8-7-17-10-22-24(30-14-29-22)23(27-4)20(17)12-25/h10,15-16,18-19,21,26H,5-9,11-14H2,1-4H3. The van der Waals surface area contributed by atoms with E-state index in [0.717, 1.165) is 43.0 Å². The molecule has 30 heavy (non-hydrogen) atoms. The lowest BCUT2D eigenvalue weighted by atomic mass is 9.75. The van der Waals surface area contributed by atoms with Crippen molar-refractivity contribution in [2.45, 2.75) is 65.2 Å². The second-order valence-electron chi connectivity index (χ2n) is 9.62. The second-order valence-corrected chi connectivity index (χ2v) is 9.62. The van der Waals surface area contributed by atoms with Gasteiger partial charge >= 0.3 is 0 Å². The Hall–Kier alpha value is -1.50. The maximum absolute atomic E-state index is 10.7. The molecule has 4 unspecified atom stereocenters. The Kier molecular flexibility index (Phi) is 6.75. The highest BCUT2D eigenvalue weighted by Crippen LogP contribution is 2.46. The van der Waals surface area contributed by atoms with Gasteiger partial charge in [0.1, 0.15) is 0 Å². The van der Waals surface area contributed by atoms with Gasteiger partial charge in [0.25, 0.3) is 0 Å². The minimum Gasteiger partial charge on any atom is -0.492 e. The first-order valence-corrected chi connectivity index (χ1v) is 11.5. The Morgan fingerprint density at radius 2 is 2.10 bits per heavy atom. The highest BCUT2D eigenvalue weighted by atomic mass is 16.7. The number of hydrogen-bond acceptors (Lipinski definition) is 6. The van der Waals surface area contributed by atoms with Gasteiger partial charge in [0, 0.05) is 25.2 Å². The molecule has 0 spiro atoms.